The number of amides is 1. The molecule has 1 aliphatic rings. The molecule has 0 radical (unpaired) electrons. The summed E-state index contributed by atoms with van der Waals surface area (Å²) in [6, 6.07) is 3.51. The molecule has 1 heterocycles. The highest BCUT2D eigenvalue weighted by Crippen LogP contribution is 2.29. The molecule has 0 spiro atoms. The highest BCUT2D eigenvalue weighted by Gasteiger charge is 2.25. The molecule has 1 saturated carbocycles. The summed E-state index contributed by atoms with van der Waals surface area (Å²) >= 11 is 0. The Labute approximate surface area is 107 Å². The number of aromatic nitrogens is 1. The second-order valence-electron chi connectivity index (χ2n) is 4.57. The van der Waals surface area contributed by atoms with Crippen molar-refractivity contribution < 1.29 is 4.79 Å². The molecule has 1 aliphatic carbocycles. The number of carbonyl (C=O) groups excluding carboxylic acids is 1. The summed E-state index contributed by atoms with van der Waals surface area (Å²) in [5.41, 5.74) is 6.54. The summed E-state index contributed by atoms with van der Waals surface area (Å²) in [4.78, 5) is 17.9. The van der Waals surface area contributed by atoms with Crippen LogP contribution in [-0.4, -0.2) is 35.9 Å². The summed E-state index contributed by atoms with van der Waals surface area (Å²) < 4.78 is 0. The maximum absolute atomic E-state index is 12.0. The van der Waals surface area contributed by atoms with E-state index in [0.717, 1.165) is 12.1 Å². The number of nitrogens with two attached hydrogens (primary N) is 1. The minimum absolute atomic E-state index is 0.0276. The van der Waals surface area contributed by atoms with E-state index in [2.05, 4.69) is 16.8 Å². The fourth-order valence-electron chi connectivity index (χ4n) is 1.71. The van der Waals surface area contributed by atoms with Gasteiger partial charge in [0.25, 0.3) is 5.91 Å². The zero-order chi connectivity index (χ0) is 13.0. The van der Waals surface area contributed by atoms with Gasteiger partial charge in [0.15, 0.2) is 0 Å². The largest absolute Gasteiger partial charge is 0.340 e. The molecule has 4 heteroatoms. The Morgan fingerprint density at radius 1 is 1.56 bits per heavy atom. The van der Waals surface area contributed by atoms with E-state index >= 15 is 0 Å². The van der Waals surface area contributed by atoms with Gasteiger partial charge in [-0.15, -0.1) is 0 Å². The van der Waals surface area contributed by atoms with Crippen LogP contribution in [0.15, 0.2) is 18.3 Å². The molecule has 0 atom stereocenters. The molecular formula is C14H17N3O. The summed E-state index contributed by atoms with van der Waals surface area (Å²) in [6.45, 7) is 1.15. The first-order valence-corrected chi connectivity index (χ1v) is 6.11. The molecule has 18 heavy (non-hydrogen) atoms. The van der Waals surface area contributed by atoms with E-state index in [1.807, 2.05) is 7.05 Å². The van der Waals surface area contributed by atoms with Crippen molar-refractivity contribution in [1.29, 1.82) is 0 Å². The highest BCUT2D eigenvalue weighted by molar-refractivity contribution is 5.92. The minimum atomic E-state index is -0.0276. The lowest BCUT2D eigenvalue weighted by Gasteiger charge is -2.15. The lowest BCUT2D eigenvalue weighted by Crippen LogP contribution is -2.29. The second-order valence-corrected chi connectivity index (χ2v) is 4.57. The first kappa shape index (κ1) is 12.6. The van der Waals surface area contributed by atoms with Gasteiger partial charge in [-0.3, -0.25) is 4.79 Å². The van der Waals surface area contributed by atoms with Crippen LogP contribution in [0.1, 0.15) is 28.9 Å². The van der Waals surface area contributed by atoms with E-state index in [-0.39, 0.29) is 5.91 Å². The molecule has 2 N–H and O–H groups in total. The van der Waals surface area contributed by atoms with Crippen molar-refractivity contribution in [3.05, 3.63) is 29.6 Å². The van der Waals surface area contributed by atoms with Crippen LogP contribution in [0.3, 0.4) is 0 Å². The van der Waals surface area contributed by atoms with Crippen LogP contribution >= 0.6 is 0 Å². The molecule has 4 nitrogen and oxygen atoms in total. The van der Waals surface area contributed by atoms with E-state index in [9.17, 15) is 4.79 Å². The van der Waals surface area contributed by atoms with E-state index in [1.165, 1.54) is 12.8 Å². The number of nitrogens with zero attached hydrogens (tertiary/aromatic N) is 2. The van der Waals surface area contributed by atoms with Gasteiger partial charge in [-0.2, -0.15) is 0 Å². The maximum atomic E-state index is 12.0. The monoisotopic (exact) mass is 243 g/mol. The quantitative estimate of drug-likeness (QED) is 0.801. The Kier molecular flexibility index (Phi) is 3.96. The maximum Gasteiger partial charge on any atom is 0.272 e. The lowest BCUT2D eigenvalue weighted by atomic mass is 10.2. The smallest absolute Gasteiger partial charge is 0.272 e. The normalized spacial score (nSPS) is 13.7. The molecule has 1 fully saturated rings. The molecule has 1 aromatic heterocycles. The van der Waals surface area contributed by atoms with E-state index in [4.69, 9.17) is 5.73 Å². The van der Waals surface area contributed by atoms with Crippen molar-refractivity contribution in [2.24, 2.45) is 11.7 Å². The number of hydrogen-bond acceptors (Lipinski definition) is 3. The molecule has 2 rings (SSSR count). The van der Waals surface area contributed by atoms with Crippen molar-refractivity contribution in [1.82, 2.24) is 9.88 Å². The predicted molar refractivity (Wildman–Crippen MR) is 69.9 cm³/mol. The zero-order valence-electron chi connectivity index (χ0n) is 10.5. The molecule has 94 valence electrons. The molecule has 1 aromatic rings. The first-order chi connectivity index (χ1) is 8.70. The van der Waals surface area contributed by atoms with Crippen molar-refractivity contribution in [2.45, 2.75) is 12.8 Å². The third kappa shape index (κ3) is 3.31. The van der Waals surface area contributed by atoms with Crippen LogP contribution < -0.4 is 5.73 Å². The van der Waals surface area contributed by atoms with Gasteiger partial charge in [-0.05, 0) is 30.9 Å². The van der Waals surface area contributed by atoms with Gasteiger partial charge < -0.3 is 10.6 Å². The van der Waals surface area contributed by atoms with Gasteiger partial charge in [0.05, 0.1) is 6.54 Å². The fraction of sp³-hybridized carbons (Fsp3) is 0.429. The minimum Gasteiger partial charge on any atom is -0.340 e. The van der Waals surface area contributed by atoms with Gasteiger partial charge in [0, 0.05) is 25.4 Å². The van der Waals surface area contributed by atoms with E-state index < -0.39 is 0 Å². The van der Waals surface area contributed by atoms with Crippen molar-refractivity contribution in [2.75, 3.05) is 20.1 Å². The molecule has 0 aliphatic heterocycles. The lowest BCUT2D eigenvalue weighted by molar-refractivity contribution is 0.0783. The number of hydrogen-bond donors (Lipinski definition) is 1. The zero-order valence-corrected chi connectivity index (χ0v) is 10.5. The standard InChI is InChI=1S/C14H17N3O/c1-17(10-12-4-5-12)14(18)13-7-6-11(9-16-13)3-2-8-15/h6-7,9,12H,4-5,8,10,15H2,1H3. The van der Waals surface area contributed by atoms with Crippen LogP contribution in [-0.2, 0) is 0 Å². The summed E-state index contributed by atoms with van der Waals surface area (Å²) in [5, 5.41) is 0. The Balaban J connectivity index is 2.01. The topological polar surface area (TPSA) is 59.2 Å². The molecular weight excluding hydrogens is 226 g/mol. The summed E-state index contributed by atoms with van der Waals surface area (Å²) in [5.74, 6) is 6.29. The predicted octanol–water partition coefficient (Wildman–Crippen LogP) is 0.874. The first-order valence-electron chi connectivity index (χ1n) is 6.11. The Bertz CT molecular complexity index is 480. The van der Waals surface area contributed by atoms with Gasteiger partial charge in [-0.25, -0.2) is 4.98 Å². The van der Waals surface area contributed by atoms with Crippen LogP contribution in [0.25, 0.3) is 0 Å². The van der Waals surface area contributed by atoms with Gasteiger partial charge in [-0.1, -0.05) is 11.8 Å². The second kappa shape index (κ2) is 5.65. The van der Waals surface area contributed by atoms with Crippen molar-refractivity contribution in [3.8, 4) is 11.8 Å². The van der Waals surface area contributed by atoms with Crippen LogP contribution in [0.4, 0.5) is 0 Å². The molecule has 1 amide bonds. The number of rotatable bonds is 3. The average molecular weight is 243 g/mol. The fourth-order valence-corrected chi connectivity index (χ4v) is 1.71. The van der Waals surface area contributed by atoms with Gasteiger partial charge >= 0.3 is 0 Å². The van der Waals surface area contributed by atoms with E-state index in [0.29, 0.717) is 18.2 Å². The Hall–Kier alpha value is -1.86. The molecule has 0 unspecified atom stereocenters. The van der Waals surface area contributed by atoms with Crippen LogP contribution in [0.5, 0.6) is 0 Å². The molecule has 0 saturated heterocycles. The van der Waals surface area contributed by atoms with Crippen molar-refractivity contribution in [3.63, 3.8) is 0 Å². The number of pyridine rings is 1. The Morgan fingerprint density at radius 2 is 2.33 bits per heavy atom. The highest BCUT2D eigenvalue weighted by atomic mass is 16.2. The summed E-state index contributed by atoms with van der Waals surface area (Å²) in [7, 11) is 1.82. The average Bonchev–Trinajstić information content (AvgIpc) is 3.20. The third-order valence-corrected chi connectivity index (χ3v) is 2.89. The Morgan fingerprint density at radius 3 is 2.89 bits per heavy atom. The van der Waals surface area contributed by atoms with Crippen molar-refractivity contribution >= 4 is 5.91 Å². The molecule has 0 aromatic carbocycles. The van der Waals surface area contributed by atoms with E-state index in [1.54, 1.807) is 23.2 Å². The van der Waals surface area contributed by atoms with Gasteiger partial charge in [0.2, 0.25) is 0 Å². The molecule has 0 bridgehead atoms. The van der Waals surface area contributed by atoms with Gasteiger partial charge in [0.1, 0.15) is 5.69 Å². The third-order valence-electron chi connectivity index (χ3n) is 2.89. The summed E-state index contributed by atoms with van der Waals surface area (Å²) in [6.07, 6.45) is 4.08. The van der Waals surface area contributed by atoms with Crippen LogP contribution in [0, 0.1) is 17.8 Å². The van der Waals surface area contributed by atoms with Crippen LogP contribution in [0.2, 0.25) is 0 Å². The SMILES string of the molecule is CN(CC1CC1)C(=O)c1ccc(C#CCN)cn1. The number of carbonyl (C=O) groups is 1.